The van der Waals surface area contributed by atoms with Crippen molar-refractivity contribution < 1.29 is 9.84 Å². The monoisotopic (exact) mass is 290 g/mol. The molecule has 116 valence electrons. The largest absolute Gasteiger partial charge is 0.390 e. The molecular weight excluding hydrogens is 264 g/mol. The number of hydrogen-bond donors (Lipinski definition) is 1. The van der Waals surface area contributed by atoms with Crippen LogP contribution in [0.25, 0.3) is 0 Å². The van der Waals surface area contributed by atoms with Crippen molar-refractivity contribution in [1.29, 1.82) is 0 Å². The number of anilines is 1. The van der Waals surface area contributed by atoms with E-state index in [2.05, 4.69) is 41.0 Å². The average molecular weight is 290 g/mol. The molecule has 1 aromatic rings. The van der Waals surface area contributed by atoms with Crippen LogP contribution >= 0.6 is 0 Å². The molecule has 1 fully saturated rings. The lowest BCUT2D eigenvalue weighted by molar-refractivity contribution is 0.0160. The van der Waals surface area contributed by atoms with E-state index in [1.54, 1.807) is 0 Å². The second-order valence-electron chi connectivity index (χ2n) is 6.26. The number of fused-ring (bicyclic) bond motifs is 1. The molecule has 0 saturated carbocycles. The van der Waals surface area contributed by atoms with Crippen molar-refractivity contribution in [3.63, 3.8) is 0 Å². The van der Waals surface area contributed by atoms with Crippen LogP contribution in [0.1, 0.15) is 24.8 Å². The maximum Gasteiger partial charge on any atom is 0.0841 e. The Balaban J connectivity index is 1.61. The van der Waals surface area contributed by atoms with E-state index in [0.717, 1.165) is 45.9 Å². The molecule has 4 heteroatoms. The predicted octanol–water partition coefficient (Wildman–Crippen LogP) is 1.69. The first-order valence-electron chi connectivity index (χ1n) is 8.06. The van der Waals surface area contributed by atoms with Gasteiger partial charge in [-0.3, -0.25) is 4.90 Å². The third-order valence-corrected chi connectivity index (χ3v) is 4.64. The Bertz CT molecular complexity index is 460. The van der Waals surface area contributed by atoms with Gasteiger partial charge in [-0.25, -0.2) is 0 Å². The summed E-state index contributed by atoms with van der Waals surface area (Å²) in [7, 11) is 0. The lowest BCUT2D eigenvalue weighted by Gasteiger charge is -2.37. The van der Waals surface area contributed by atoms with Crippen LogP contribution < -0.4 is 4.90 Å². The van der Waals surface area contributed by atoms with Gasteiger partial charge in [0, 0.05) is 38.4 Å². The Labute approximate surface area is 127 Å². The second kappa shape index (κ2) is 6.77. The van der Waals surface area contributed by atoms with Crippen LogP contribution in [0.15, 0.2) is 24.3 Å². The molecule has 2 heterocycles. The van der Waals surface area contributed by atoms with Crippen LogP contribution in [0.5, 0.6) is 0 Å². The van der Waals surface area contributed by atoms with E-state index in [9.17, 15) is 5.11 Å². The molecule has 0 aromatic heterocycles. The maximum absolute atomic E-state index is 10.4. The van der Waals surface area contributed by atoms with E-state index in [1.165, 1.54) is 17.7 Å². The molecule has 1 N–H and O–H groups in total. The third-order valence-electron chi connectivity index (χ3n) is 4.64. The molecular formula is C17H26N2O2. The molecule has 1 saturated heterocycles. The summed E-state index contributed by atoms with van der Waals surface area (Å²) in [5, 5.41) is 10.4. The van der Waals surface area contributed by atoms with Crippen molar-refractivity contribution in [2.24, 2.45) is 0 Å². The van der Waals surface area contributed by atoms with Crippen molar-refractivity contribution >= 4 is 5.69 Å². The molecule has 0 bridgehead atoms. The number of aliphatic hydroxyl groups is 1. The summed E-state index contributed by atoms with van der Waals surface area (Å²) < 4.78 is 5.36. The Morgan fingerprint density at radius 3 is 2.76 bits per heavy atom. The number of nitrogens with zero attached hydrogens (tertiary/aromatic N) is 2. The first kappa shape index (κ1) is 14.8. The highest BCUT2D eigenvalue weighted by Gasteiger charge is 2.24. The molecule has 21 heavy (non-hydrogen) atoms. The molecule has 2 aliphatic heterocycles. The molecule has 0 spiro atoms. The summed E-state index contributed by atoms with van der Waals surface area (Å²) in [5.41, 5.74) is 2.72. The highest BCUT2D eigenvalue weighted by atomic mass is 16.5. The Hall–Kier alpha value is -1.10. The Morgan fingerprint density at radius 2 is 1.95 bits per heavy atom. The van der Waals surface area contributed by atoms with Crippen molar-refractivity contribution in [2.75, 3.05) is 50.8 Å². The van der Waals surface area contributed by atoms with Crippen LogP contribution in [0, 0.1) is 0 Å². The van der Waals surface area contributed by atoms with Gasteiger partial charge in [-0.05, 0) is 24.0 Å². The van der Waals surface area contributed by atoms with Crippen molar-refractivity contribution in [3.8, 4) is 0 Å². The van der Waals surface area contributed by atoms with E-state index in [4.69, 9.17) is 4.74 Å². The first-order valence-corrected chi connectivity index (χ1v) is 8.06. The van der Waals surface area contributed by atoms with Crippen LogP contribution in [0.3, 0.4) is 0 Å². The second-order valence-corrected chi connectivity index (χ2v) is 6.26. The van der Waals surface area contributed by atoms with E-state index < -0.39 is 0 Å². The standard InChI is InChI=1S/C17H26N2O2/c1-14-6-7-19(17-5-3-2-4-16(14)17)13-15(20)12-18-8-10-21-11-9-18/h2-5,14-15,20H,6-13H2,1H3. The van der Waals surface area contributed by atoms with Crippen LogP contribution in [-0.2, 0) is 4.74 Å². The predicted molar refractivity (Wildman–Crippen MR) is 85.0 cm³/mol. The number of aliphatic hydroxyl groups excluding tert-OH is 1. The van der Waals surface area contributed by atoms with Gasteiger partial charge in [-0.2, -0.15) is 0 Å². The molecule has 0 aliphatic carbocycles. The van der Waals surface area contributed by atoms with Gasteiger partial charge in [-0.15, -0.1) is 0 Å². The minimum atomic E-state index is -0.301. The number of hydrogen-bond acceptors (Lipinski definition) is 4. The quantitative estimate of drug-likeness (QED) is 0.915. The zero-order chi connectivity index (χ0) is 14.7. The summed E-state index contributed by atoms with van der Waals surface area (Å²) in [6.45, 7) is 8.25. The van der Waals surface area contributed by atoms with Gasteiger partial charge in [0.25, 0.3) is 0 Å². The van der Waals surface area contributed by atoms with Gasteiger partial charge < -0.3 is 14.7 Å². The average Bonchev–Trinajstić information content (AvgIpc) is 2.51. The lowest BCUT2D eigenvalue weighted by atomic mass is 9.91. The van der Waals surface area contributed by atoms with Crippen molar-refractivity contribution in [1.82, 2.24) is 4.90 Å². The molecule has 4 nitrogen and oxygen atoms in total. The molecule has 2 atom stereocenters. The summed E-state index contributed by atoms with van der Waals surface area (Å²) in [4.78, 5) is 4.65. The van der Waals surface area contributed by atoms with E-state index >= 15 is 0 Å². The number of benzene rings is 1. The summed E-state index contributed by atoms with van der Waals surface area (Å²) >= 11 is 0. The third kappa shape index (κ3) is 3.57. The summed E-state index contributed by atoms with van der Waals surface area (Å²) in [5.74, 6) is 0.619. The van der Waals surface area contributed by atoms with E-state index in [0.29, 0.717) is 5.92 Å². The lowest BCUT2D eigenvalue weighted by Crippen LogP contribution is -2.45. The number of rotatable bonds is 4. The fourth-order valence-electron chi connectivity index (χ4n) is 3.40. The molecule has 0 amide bonds. The SMILES string of the molecule is CC1CCN(CC(O)CN2CCOCC2)c2ccccc21. The van der Waals surface area contributed by atoms with Crippen molar-refractivity contribution in [2.45, 2.75) is 25.4 Å². The number of β-amino-alcohol motifs (C(OH)–C–C–N with tert-alkyl or cyclic N) is 1. The summed E-state index contributed by atoms with van der Waals surface area (Å²) in [6, 6.07) is 8.62. The molecule has 0 radical (unpaired) electrons. The zero-order valence-corrected chi connectivity index (χ0v) is 12.9. The van der Waals surface area contributed by atoms with Gasteiger partial charge in [0.05, 0.1) is 19.3 Å². The molecule has 1 aromatic carbocycles. The van der Waals surface area contributed by atoms with Crippen LogP contribution in [0.4, 0.5) is 5.69 Å². The van der Waals surface area contributed by atoms with Gasteiger partial charge in [-0.1, -0.05) is 25.1 Å². The smallest absolute Gasteiger partial charge is 0.0841 e. The highest BCUT2D eigenvalue weighted by Crippen LogP contribution is 2.34. The van der Waals surface area contributed by atoms with Gasteiger partial charge in [0.15, 0.2) is 0 Å². The molecule has 3 rings (SSSR count). The van der Waals surface area contributed by atoms with Gasteiger partial charge in [0.2, 0.25) is 0 Å². The molecule has 2 aliphatic rings. The maximum atomic E-state index is 10.4. The van der Waals surface area contributed by atoms with Gasteiger partial charge in [0.1, 0.15) is 0 Å². The van der Waals surface area contributed by atoms with Crippen LogP contribution in [0.2, 0.25) is 0 Å². The number of para-hydroxylation sites is 1. The number of ether oxygens (including phenoxy) is 1. The van der Waals surface area contributed by atoms with Gasteiger partial charge >= 0.3 is 0 Å². The molecule has 2 unspecified atom stereocenters. The Kier molecular flexibility index (Phi) is 4.78. The fourth-order valence-corrected chi connectivity index (χ4v) is 3.40. The van der Waals surface area contributed by atoms with Crippen LogP contribution in [-0.4, -0.2) is 62.0 Å². The highest BCUT2D eigenvalue weighted by molar-refractivity contribution is 5.57. The zero-order valence-electron chi connectivity index (χ0n) is 12.9. The van der Waals surface area contributed by atoms with E-state index in [1.807, 2.05) is 0 Å². The fraction of sp³-hybridized carbons (Fsp3) is 0.647. The first-order chi connectivity index (χ1) is 10.2. The minimum absolute atomic E-state index is 0.301. The van der Waals surface area contributed by atoms with Crippen molar-refractivity contribution in [3.05, 3.63) is 29.8 Å². The minimum Gasteiger partial charge on any atom is -0.390 e. The normalized spacial score (nSPS) is 24.7. The summed E-state index contributed by atoms with van der Waals surface area (Å²) in [6.07, 6.45) is 0.867. The number of morpholine rings is 1. The van der Waals surface area contributed by atoms with E-state index in [-0.39, 0.29) is 6.10 Å². The Morgan fingerprint density at radius 1 is 1.19 bits per heavy atom. The topological polar surface area (TPSA) is 35.9 Å².